The van der Waals surface area contributed by atoms with Crippen LogP contribution in [0, 0.1) is 5.92 Å². The molecule has 0 aromatic heterocycles. The minimum Gasteiger partial charge on any atom is -0.374 e. The van der Waals surface area contributed by atoms with Gasteiger partial charge in [0.15, 0.2) is 5.78 Å². The summed E-state index contributed by atoms with van der Waals surface area (Å²) in [6.07, 6.45) is 0.787. The topological polar surface area (TPSA) is 46.2 Å². The van der Waals surface area contributed by atoms with E-state index in [1.54, 1.807) is 25.6 Å². The lowest BCUT2D eigenvalue weighted by Crippen LogP contribution is -2.46. The summed E-state index contributed by atoms with van der Waals surface area (Å²) in [5.74, 6) is 0.339. The molecule has 0 aromatic carbocycles. The summed E-state index contributed by atoms with van der Waals surface area (Å²) in [6.45, 7) is 7.24. The van der Waals surface area contributed by atoms with Crippen LogP contribution >= 0.6 is 11.8 Å². The summed E-state index contributed by atoms with van der Waals surface area (Å²) in [5.41, 5.74) is 1.81. The van der Waals surface area contributed by atoms with Crippen LogP contribution < -0.4 is 5.32 Å². The van der Waals surface area contributed by atoms with Crippen LogP contribution in [0.3, 0.4) is 0 Å². The number of ketones is 2. The van der Waals surface area contributed by atoms with Gasteiger partial charge in [0.05, 0.1) is 10.8 Å². The molecule has 16 heavy (non-hydrogen) atoms. The molecule has 2 aliphatic heterocycles. The van der Waals surface area contributed by atoms with E-state index >= 15 is 0 Å². The molecule has 2 aliphatic rings. The molecule has 0 radical (unpaired) electrons. The molecule has 3 unspecified atom stereocenters. The molecule has 1 N–H and O–H groups in total. The Morgan fingerprint density at radius 3 is 2.56 bits per heavy atom. The zero-order valence-electron chi connectivity index (χ0n) is 10.1. The number of allylic oxidation sites excluding steroid dienone is 1. The maximum Gasteiger partial charge on any atom is 0.158 e. The quantitative estimate of drug-likeness (QED) is 0.799. The third-order valence-electron chi connectivity index (χ3n) is 3.53. The highest BCUT2D eigenvalue weighted by Crippen LogP contribution is 2.52. The van der Waals surface area contributed by atoms with Crippen molar-refractivity contribution in [3.8, 4) is 0 Å². The molecule has 3 nitrogen and oxygen atoms in total. The van der Waals surface area contributed by atoms with E-state index in [4.69, 9.17) is 0 Å². The lowest BCUT2D eigenvalue weighted by Gasteiger charge is -2.35. The molecular weight excluding hydrogens is 222 g/mol. The van der Waals surface area contributed by atoms with Crippen molar-refractivity contribution in [3.05, 3.63) is 11.3 Å². The zero-order valence-corrected chi connectivity index (χ0v) is 10.9. The van der Waals surface area contributed by atoms with Gasteiger partial charge in [0.25, 0.3) is 0 Å². The molecule has 0 amide bonds. The normalized spacial score (nSPS) is 37.2. The van der Waals surface area contributed by atoms with Gasteiger partial charge in [-0.05, 0) is 34.1 Å². The van der Waals surface area contributed by atoms with Crippen LogP contribution in [0.15, 0.2) is 11.3 Å². The Kier molecular flexibility index (Phi) is 2.65. The Bertz CT molecular complexity index is 402. The summed E-state index contributed by atoms with van der Waals surface area (Å²) < 4.78 is 0. The monoisotopic (exact) mass is 239 g/mol. The minimum atomic E-state index is -0.223. The van der Waals surface area contributed by atoms with Crippen LogP contribution in [0.5, 0.6) is 0 Å². The van der Waals surface area contributed by atoms with Gasteiger partial charge in [0.2, 0.25) is 0 Å². The number of nitrogens with one attached hydrogen (secondary N) is 1. The molecule has 1 saturated heterocycles. The Morgan fingerprint density at radius 1 is 1.44 bits per heavy atom. The first-order valence-electron chi connectivity index (χ1n) is 5.53. The number of thioether (sulfide) groups is 1. The van der Waals surface area contributed by atoms with E-state index in [0.717, 1.165) is 17.7 Å². The van der Waals surface area contributed by atoms with Crippen LogP contribution in [0.4, 0.5) is 0 Å². The maximum atomic E-state index is 11.6. The van der Waals surface area contributed by atoms with Crippen molar-refractivity contribution in [2.45, 2.75) is 44.2 Å². The third kappa shape index (κ3) is 1.59. The van der Waals surface area contributed by atoms with Crippen molar-refractivity contribution in [2.24, 2.45) is 5.92 Å². The Balaban J connectivity index is 2.38. The smallest absolute Gasteiger partial charge is 0.158 e. The van der Waals surface area contributed by atoms with E-state index < -0.39 is 0 Å². The van der Waals surface area contributed by atoms with E-state index in [-0.39, 0.29) is 27.6 Å². The average molecular weight is 239 g/mol. The maximum absolute atomic E-state index is 11.6. The predicted molar refractivity (Wildman–Crippen MR) is 65.1 cm³/mol. The number of Topliss-reactive ketones (excluding diaryl/α,β-unsaturated/α-hetero) is 2. The van der Waals surface area contributed by atoms with E-state index in [9.17, 15) is 9.59 Å². The summed E-state index contributed by atoms with van der Waals surface area (Å²) in [5, 5.41) is 3.54. The van der Waals surface area contributed by atoms with E-state index in [1.165, 1.54) is 0 Å². The molecule has 0 aromatic rings. The van der Waals surface area contributed by atoms with Gasteiger partial charge in [-0.1, -0.05) is 0 Å². The molecule has 2 rings (SSSR count). The molecule has 1 fully saturated rings. The number of hydrogen-bond donors (Lipinski definition) is 1. The van der Waals surface area contributed by atoms with Crippen LogP contribution in [0.25, 0.3) is 0 Å². The van der Waals surface area contributed by atoms with Gasteiger partial charge in [0, 0.05) is 16.5 Å². The van der Waals surface area contributed by atoms with Gasteiger partial charge < -0.3 is 5.32 Å². The molecule has 88 valence electrons. The molecule has 0 spiro atoms. The standard InChI is InChI=1S/C12H17NO2S/c1-6-11(8(3)15)10-5-9(7(2)14)12(4,13-6)16-10/h9-10,13H,5H2,1-4H3. The van der Waals surface area contributed by atoms with E-state index in [0.29, 0.717) is 0 Å². The van der Waals surface area contributed by atoms with Crippen LogP contribution in [0.1, 0.15) is 34.1 Å². The number of carbonyl (C=O) groups excluding carboxylic acids is 2. The second-order valence-corrected chi connectivity index (χ2v) is 6.49. The SMILES string of the molecule is CC(=O)C1=C(C)NC2(C)SC1CC2C(C)=O. The molecule has 2 bridgehead atoms. The zero-order chi connectivity index (χ0) is 12.1. The van der Waals surface area contributed by atoms with Gasteiger partial charge in [-0.25, -0.2) is 0 Å². The highest BCUT2D eigenvalue weighted by molar-refractivity contribution is 8.01. The van der Waals surface area contributed by atoms with Gasteiger partial charge in [-0.3, -0.25) is 9.59 Å². The highest BCUT2D eigenvalue weighted by Gasteiger charge is 2.51. The number of rotatable bonds is 2. The fraction of sp³-hybridized carbons (Fsp3) is 0.667. The van der Waals surface area contributed by atoms with Crippen LogP contribution in [-0.2, 0) is 9.59 Å². The molecular formula is C12H17NO2S. The second kappa shape index (κ2) is 3.62. The van der Waals surface area contributed by atoms with E-state index in [1.807, 2.05) is 6.92 Å². The second-order valence-electron chi connectivity index (χ2n) is 4.83. The molecule has 2 heterocycles. The van der Waals surface area contributed by atoms with Crippen molar-refractivity contribution >= 4 is 23.3 Å². The molecule has 0 aliphatic carbocycles. The molecule has 3 atom stereocenters. The van der Waals surface area contributed by atoms with Gasteiger partial charge in [0.1, 0.15) is 5.78 Å². The van der Waals surface area contributed by atoms with Crippen molar-refractivity contribution in [1.82, 2.24) is 5.32 Å². The average Bonchev–Trinajstić information content (AvgIpc) is 2.36. The molecule has 4 heteroatoms. The Labute approximate surface area is 100 Å². The number of fused-ring (bicyclic) bond motifs is 2. The first-order chi connectivity index (χ1) is 7.35. The van der Waals surface area contributed by atoms with Crippen LogP contribution in [-0.4, -0.2) is 21.7 Å². The summed E-state index contributed by atoms with van der Waals surface area (Å²) in [7, 11) is 0. The van der Waals surface area contributed by atoms with Crippen molar-refractivity contribution in [1.29, 1.82) is 0 Å². The van der Waals surface area contributed by atoms with Crippen LogP contribution in [0.2, 0.25) is 0 Å². The fourth-order valence-electron chi connectivity index (χ4n) is 2.88. The molecule has 0 saturated carbocycles. The fourth-order valence-corrected chi connectivity index (χ4v) is 4.86. The minimum absolute atomic E-state index is 0.00861. The Morgan fingerprint density at radius 2 is 2.06 bits per heavy atom. The highest BCUT2D eigenvalue weighted by atomic mass is 32.2. The summed E-state index contributed by atoms with van der Waals surface area (Å²) in [4.78, 5) is 23.0. The van der Waals surface area contributed by atoms with Gasteiger partial charge >= 0.3 is 0 Å². The predicted octanol–water partition coefficient (Wildman–Crippen LogP) is 1.88. The first kappa shape index (κ1) is 11.7. The van der Waals surface area contributed by atoms with Crippen molar-refractivity contribution in [3.63, 3.8) is 0 Å². The number of carbonyl (C=O) groups is 2. The van der Waals surface area contributed by atoms with Gasteiger partial charge in [-0.2, -0.15) is 0 Å². The first-order valence-corrected chi connectivity index (χ1v) is 6.41. The van der Waals surface area contributed by atoms with E-state index in [2.05, 4.69) is 12.2 Å². The number of hydrogen-bond acceptors (Lipinski definition) is 4. The largest absolute Gasteiger partial charge is 0.374 e. The summed E-state index contributed by atoms with van der Waals surface area (Å²) in [6, 6.07) is 0. The van der Waals surface area contributed by atoms with Gasteiger partial charge in [-0.15, -0.1) is 11.8 Å². The summed E-state index contributed by atoms with van der Waals surface area (Å²) >= 11 is 1.72. The lowest BCUT2D eigenvalue weighted by atomic mass is 9.91. The lowest BCUT2D eigenvalue weighted by molar-refractivity contribution is -0.121. The van der Waals surface area contributed by atoms with Crippen molar-refractivity contribution < 1.29 is 9.59 Å². The third-order valence-corrected chi connectivity index (χ3v) is 5.12. The van der Waals surface area contributed by atoms with Crippen molar-refractivity contribution in [2.75, 3.05) is 0 Å². The Hall–Kier alpha value is -0.770.